The van der Waals surface area contributed by atoms with Crippen molar-refractivity contribution in [3.63, 3.8) is 0 Å². The number of rotatable bonds is 6. The average Bonchev–Trinajstić information content (AvgIpc) is 3.42. The molecule has 13 heteroatoms. The van der Waals surface area contributed by atoms with Gasteiger partial charge in [-0.15, -0.1) is 0 Å². The molecule has 0 radical (unpaired) electrons. The van der Waals surface area contributed by atoms with Crippen molar-refractivity contribution in [1.29, 1.82) is 0 Å². The largest absolute Gasteiger partial charge is 0.493 e. The first-order valence-corrected chi connectivity index (χ1v) is 12.5. The van der Waals surface area contributed by atoms with E-state index in [1.54, 1.807) is 36.5 Å². The van der Waals surface area contributed by atoms with Crippen LogP contribution in [0.1, 0.15) is 37.1 Å². The fraction of sp³-hybridized carbons (Fsp3) is 0.286. The van der Waals surface area contributed by atoms with Crippen LogP contribution in [-0.4, -0.2) is 55.4 Å². The number of anilines is 1. The molecule has 1 saturated carbocycles. The number of nitrogens with zero attached hydrogens (tertiary/aromatic N) is 5. The normalized spacial score (nSPS) is 16.3. The molecule has 1 unspecified atom stereocenters. The lowest BCUT2D eigenvalue weighted by molar-refractivity contribution is 0.454. The summed E-state index contributed by atoms with van der Waals surface area (Å²) >= 11 is 0. The minimum absolute atomic E-state index is 0.189. The molecular weight excluding hydrogens is 460 g/mol. The predicted octanol–water partition coefficient (Wildman–Crippen LogP) is 0.0337. The van der Waals surface area contributed by atoms with E-state index in [2.05, 4.69) is 35.3 Å². The Hall–Kier alpha value is -4.00. The van der Waals surface area contributed by atoms with Crippen LogP contribution in [-0.2, 0) is 9.84 Å². The van der Waals surface area contributed by atoms with Crippen LogP contribution >= 0.6 is 0 Å². The zero-order chi connectivity index (χ0) is 24.0. The molecule has 34 heavy (non-hydrogen) atoms. The second kappa shape index (κ2) is 8.09. The van der Waals surface area contributed by atoms with Crippen LogP contribution < -0.4 is 21.8 Å². The molecule has 0 saturated heterocycles. The molecule has 1 aliphatic carbocycles. The number of hydrogen-bond donors (Lipinski definition) is 4. The summed E-state index contributed by atoms with van der Waals surface area (Å²) in [5.41, 5.74) is 1.36. The number of aromatic amines is 2. The van der Waals surface area contributed by atoms with Gasteiger partial charge in [0, 0.05) is 11.5 Å². The van der Waals surface area contributed by atoms with Gasteiger partial charge in [-0.2, -0.15) is 19.6 Å². The number of sulfone groups is 1. The summed E-state index contributed by atoms with van der Waals surface area (Å²) < 4.78 is 25.0. The highest BCUT2D eigenvalue weighted by Crippen LogP contribution is 2.22. The number of nitrogens with one attached hydrogen (secondary N) is 3. The Morgan fingerprint density at radius 3 is 2.59 bits per heavy atom. The van der Waals surface area contributed by atoms with Crippen LogP contribution in [0.3, 0.4) is 0 Å². The molecule has 12 nitrogen and oxygen atoms in total. The van der Waals surface area contributed by atoms with Gasteiger partial charge in [0.15, 0.2) is 15.5 Å². The molecule has 4 N–H and O–H groups in total. The summed E-state index contributed by atoms with van der Waals surface area (Å²) in [6.45, 7) is 1.91. The number of benzene rings is 1. The van der Waals surface area contributed by atoms with Crippen LogP contribution in [0.2, 0.25) is 0 Å². The van der Waals surface area contributed by atoms with Gasteiger partial charge in [0.1, 0.15) is 5.69 Å². The third-order valence-corrected chi connectivity index (χ3v) is 6.54. The van der Waals surface area contributed by atoms with Gasteiger partial charge in [-0.25, -0.2) is 18.2 Å². The Morgan fingerprint density at radius 2 is 1.97 bits per heavy atom. The van der Waals surface area contributed by atoms with Crippen molar-refractivity contribution in [3.8, 4) is 5.88 Å². The van der Waals surface area contributed by atoms with E-state index in [0.717, 1.165) is 18.4 Å². The first-order valence-electron chi connectivity index (χ1n) is 10.6. The zero-order valence-electron chi connectivity index (χ0n) is 18.3. The monoisotopic (exact) mass is 482 g/mol. The minimum Gasteiger partial charge on any atom is -0.493 e. The molecule has 0 amide bonds. The summed E-state index contributed by atoms with van der Waals surface area (Å²) in [6, 6.07) is 6.57. The lowest BCUT2D eigenvalue weighted by atomic mass is 10.1. The molecule has 5 rings (SSSR count). The van der Waals surface area contributed by atoms with E-state index in [9.17, 15) is 18.3 Å². The van der Waals surface area contributed by atoms with Gasteiger partial charge in [-0.1, -0.05) is 12.1 Å². The smallest absolute Gasteiger partial charge is 0.326 e. The second-order valence-electron chi connectivity index (χ2n) is 8.24. The van der Waals surface area contributed by atoms with Crippen molar-refractivity contribution in [3.05, 3.63) is 63.0 Å². The molecule has 3 heterocycles. The van der Waals surface area contributed by atoms with Crippen LogP contribution in [0.15, 0.2) is 45.1 Å². The van der Waals surface area contributed by atoms with E-state index in [1.807, 2.05) is 6.92 Å². The summed E-state index contributed by atoms with van der Waals surface area (Å²) in [5.74, 6) is 0.0272. The van der Waals surface area contributed by atoms with Gasteiger partial charge in [-0.05, 0) is 43.5 Å². The van der Waals surface area contributed by atoms with Crippen LogP contribution in [0.4, 0.5) is 5.95 Å². The van der Waals surface area contributed by atoms with Crippen molar-refractivity contribution in [2.75, 3.05) is 11.6 Å². The Kier molecular flexibility index (Phi) is 5.20. The lowest BCUT2D eigenvalue weighted by Crippen LogP contribution is -2.25. The molecule has 1 aromatic carbocycles. The Bertz CT molecular complexity index is 1660. The number of hydrogen-bond acceptors (Lipinski definition) is 9. The summed E-state index contributed by atoms with van der Waals surface area (Å²) in [4.78, 5) is 30.3. The maximum atomic E-state index is 11.7. The third kappa shape index (κ3) is 4.41. The third-order valence-electron chi connectivity index (χ3n) is 5.41. The summed E-state index contributed by atoms with van der Waals surface area (Å²) in [5, 5.41) is 18.0. The van der Waals surface area contributed by atoms with E-state index in [1.165, 1.54) is 10.8 Å². The molecule has 4 aromatic rings. The van der Waals surface area contributed by atoms with Gasteiger partial charge in [-0.3, -0.25) is 4.98 Å². The molecule has 0 bridgehead atoms. The average molecular weight is 483 g/mol. The highest BCUT2D eigenvalue weighted by atomic mass is 32.2. The molecule has 1 aliphatic rings. The number of imidazole rings is 1. The SMILES string of the molecule is CC(Nc1nc(=NC2CC2)n2nc/c(=C\c3[nH]c(=O)[nH]c3O)c2n1)c1ccc(S(C)(=O)=O)cc1. The zero-order valence-corrected chi connectivity index (χ0v) is 19.2. The number of H-pyrrole nitrogens is 2. The highest BCUT2D eigenvalue weighted by Gasteiger charge is 2.21. The van der Waals surface area contributed by atoms with E-state index >= 15 is 0 Å². The fourth-order valence-corrected chi connectivity index (χ4v) is 4.06. The molecular formula is C21H22N8O4S. The number of fused-ring (bicyclic) bond motifs is 1. The predicted molar refractivity (Wildman–Crippen MR) is 123 cm³/mol. The standard InChI is InChI=1S/C21H22N8O4S/c1-11(12-3-7-15(8-4-12)34(2,32)33)23-19-26-17-13(9-16-18(30)27-21(31)25-16)10-22-29(17)20(28-19)24-14-5-6-14/h3-4,7-11,14,30H,5-6H2,1-2H3,(H,23,24,28)(H2,25,27,31)/b13-9+. The van der Waals surface area contributed by atoms with E-state index < -0.39 is 15.5 Å². The number of aromatic hydroxyl groups is 1. The van der Waals surface area contributed by atoms with Crippen LogP contribution in [0, 0.1) is 0 Å². The van der Waals surface area contributed by atoms with Crippen molar-refractivity contribution in [2.24, 2.45) is 4.99 Å². The molecule has 1 atom stereocenters. The summed E-state index contributed by atoms with van der Waals surface area (Å²) in [6.07, 6.45) is 6.24. The van der Waals surface area contributed by atoms with Crippen molar-refractivity contribution in [1.82, 2.24) is 29.5 Å². The van der Waals surface area contributed by atoms with Gasteiger partial charge in [0.25, 0.3) is 5.62 Å². The van der Waals surface area contributed by atoms with Crippen molar-refractivity contribution >= 4 is 27.5 Å². The topological polar surface area (TPSA) is 170 Å². The quantitative estimate of drug-likeness (QED) is 0.298. The molecule has 0 aliphatic heterocycles. The Morgan fingerprint density at radius 1 is 1.24 bits per heavy atom. The fourth-order valence-electron chi connectivity index (χ4n) is 3.43. The van der Waals surface area contributed by atoms with Gasteiger partial charge in [0.05, 0.1) is 23.2 Å². The molecule has 1 fully saturated rings. The maximum Gasteiger partial charge on any atom is 0.326 e. The second-order valence-corrected chi connectivity index (χ2v) is 10.3. The molecule has 176 valence electrons. The maximum absolute atomic E-state index is 11.7. The Balaban J connectivity index is 1.56. The lowest BCUT2D eigenvalue weighted by Gasteiger charge is -2.14. The van der Waals surface area contributed by atoms with Gasteiger partial charge < -0.3 is 15.4 Å². The van der Waals surface area contributed by atoms with Crippen molar-refractivity contribution in [2.45, 2.75) is 36.7 Å². The van der Waals surface area contributed by atoms with E-state index in [0.29, 0.717) is 22.4 Å². The molecule has 0 spiro atoms. The van der Waals surface area contributed by atoms with Crippen molar-refractivity contribution < 1.29 is 13.5 Å². The minimum atomic E-state index is -3.28. The Labute approximate surface area is 193 Å². The highest BCUT2D eigenvalue weighted by molar-refractivity contribution is 7.90. The number of aromatic nitrogens is 6. The van der Waals surface area contributed by atoms with E-state index in [-0.39, 0.29) is 28.6 Å². The summed E-state index contributed by atoms with van der Waals surface area (Å²) in [7, 11) is -3.28. The van der Waals surface area contributed by atoms with Gasteiger partial charge in [0.2, 0.25) is 11.8 Å². The first-order chi connectivity index (χ1) is 16.2. The van der Waals surface area contributed by atoms with Crippen LogP contribution in [0.25, 0.3) is 11.7 Å². The van der Waals surface area contributed by atoms with Crippen LogP contribution in [0.5, 0.6) is 5.88 Å². The van der Waals surface area contributed by atoms with E-state index in [4.69, 9.17) is 0 Å². The first kappa shape index (κ1) is 21.8. The molecule has 3 aromatic heterocycles. The van der Waals surface area contributed by atoms with Gasteiger partial charge >= 0.3 is 5.69 Å².